The number of hydrogen-bond acceptors (Lipinski definition) is 3. The van der Waals surface area contributed by atoms with E-state index in [0.717, 1.165) is 41.6 Å². The van der Waals surface area contributed by atoms with Crippen molar-refractivity contribution in [2.75, 3.05) is 0 Å². The first-order valence-electron chi connectivity index (χ1n) is 11.2. The molecule has 1 atom stereocenters. The number of aromatic nitrogens is 2. The first-order chi connectivity index (χ1) is 15.7. The van der Waals surface area contributed by atoms with Crippen LogP contribution >= 0.6 is 0 Å². The van der Waals surface area contributed by atoms with Gasteiger partial charge in [-0.3, -0.25) is 4.79 Å². The van der Waals surface area contributed by atoms with Gasteiger partial charge in [-0.05, 0) is 59.6 Å². The minimum Gasteiger partial charge on any atom is -0.508 e. The van der Waals surface area contributed by atoms with E-state index >= 15 is 0 Å². The maximum atomic E-state index is 12.7. The van der Waals surface area contributed by atoms with E-state index in [1.807, 2.05) is 48.5 Å². The van der Waals surface area contributed by atoms with Crippen LogP contribution < -0.4 is 5.56 Å². The van der Waals surface area contributed by atoms with Gasteiger partial charge in [0.1, 0.15) is 5.75 Å². The molecule has 4 aromatic rings. The smallest absolute Gasteiger partial charge is 0.266 e. The van der Waals surface area contributed by atoms with Crippen molar-refractivity contribution in [1.82, 2.24) is 9.78 Å². The summed E-state index contributed by atoms with van der Waals surface area (Å²) in [5.74, 6) is 0.664. The van der Waals surface area contributed by atoms with Crippen LogP contribution in [0.25, 0.3) is 0 Å². The molecule has 4 heteroatoms. The molecule has 0 fully saturated rings. The number of phenols is 1. The minimum absolute atomic E-state index is 0.0340. The standard InChI is InChI=1S/C28H26N2O2/c31-26-13-7-12-23-18-20(14-15-24(23)26)19-30-27(32)17-16-25(29-30)28(21-8-3-1-4-9-21)22-10-5-2-6-11-22/h1-13,16-17,20,28,31H,14-15,18-19H2/t20-/m0/s1. The lowest BCUT2D eigenvalue weighted by atomic mass is 9.83. The molecule has 0 saturated carbocycles. The molecule has 0 bridgehead atoms. The summed E-state index contributed by atoms with van der Waals surface area (Å²) in [5, 5.41) is 15.0. The molecule has 1 aromatic heterocycles. The van der Waals surface area contributed by atoms with E-state index in [-0.39, 0.29) is 11.5 Å². The molecule has 0 unspecified atom stereocenters. The van der Waals surface area contributed by atoms with Crippen molar-refractivity contribution in [2.45, 2.75) is 31.7 Å². The van der Waals surface area contributed by atoms with Crippen molar-refractivity contribution in [1.29, 1.82) is 0 Å². The molecule has 1 heterocycles. The lowest BCUT2D eigenvalue weighted by Gasteiger charge is -2.26. The molecule has 1 aliphatic rings. The van der Waals surface area contributed by atoms with Crippen LogP contribution in [0.5, 0.6) is 5.75 Å². The number of nitrogens with zero attached hydrogens (tertiary/aromatic N) is 2. The van der Waals surface area contributed by atoms with Crippen molar-refractivity contribution < 1.29 is 5.11 Å². The fraction of sp³-hybridized carbons (Fsp3) is 0.214. The molecule has 0 radical (unpaired) electrons. The first kappa shape index (κ1) is 20.3. The van der Waals surface area contributed by atoms with Crippen molar-refractivity contribution in [3.8, 4) is 5.75 Å². The Kier molecular flexibility index (Phi) is 5.59. The maximum Gasteiger partial charge on any atom is 0.266 e. The molecule has 0 spiro atoms. The topological polar surface area (TPSA) is 55.1 Å². The molecule has 0 amide bonds. The van der Waals surface area contributed by atoms with E-state index in [0.29, 0.717) is 18.2 Å². The van der Waals surface area contributed by atoms with Gasteiger partial charge in [-0.15, -0.1) is 0 Å². The number of rotatable bonds is 5. The van der Waals surface area contributed by atoms with Gasteiger partial charge in [-0.2, -0.15) is 5.10 Å². The van der Waals surface area contributed by atoms with Gasteiger partial charge >= 0.3 is 0 Å². The summed E-state index contributed by atoms with van der Waals surface area (Å²) >= 11 is 0. The van der Waals surface area contributed by atoms with E-state index in [1.54, 1.807) is 16.8 Å². The lowest BCUT2D eigenvalue weighted by molar-refractivity contribution is 0.358. The Hall–Kier alpha value is -3.66. The molecule has 5 rings (SSSR count). The molecular weight excluding hydrogens is 396 g/mol. The summed E-state index contributed by atoms with van der Waals surface area (Å²) in [7, 11) is 0. The summed E-state index contributed by atoms with van der Waals surface area (Å²) < 4.78 is 1.63. The second-order valence-corrected chi connectivity index (χ2v) is 8.56. The third-order valence-corrected chi connectivity index (χ3v) is 6.44. The molecule has 1 N–H and O–H groups in total. The summed E-state index contributed by atoms with van der Waals surface area (Å²) in [6, 6.07) is 29.8. The number of aromatic hydroxyl groups is 1. The molecule has 0 saturated heterocycles. The zero-order valence-corrected chi connectivity index (χ0v) is 17.9. The summed E-state index contributed by atoms with van der Waals surface area (Å²) in [5.41, 5.74) is 5.33. The van der Waals surface area contributed by atoms with E-state index in [9.17, 15) is 9.90 Å². The number of hydrogen-bond donors (Lipinski definition) is 1. The maximum absolute atomic E-state index is 12.7. The quantitative estimate of drug-likeness (QED) is 0.496. The average molecular weight is 423 g/mol. The highest BCUT2D eigenvalue weighted by atomic mass is 16.3. The van der Waals surface area contributed by atoms with Crippen molar-refractivity contribution in [3.05, 3.63) is 129 Å². The highest BCUT2D eigenvalue weighted by Crippen LogP contribution is 2.33. The largest absolute Gasteiger partial charge is 0.508 e. The average Bonchev–Trinajstić information content (AvgIpc) is 2.83. The SMILES string of the molecule is O=c1ccc(C(c2ccccc2)c2ccccc2)nn1C[C@H]1CCc2c(O)cccc2C1. The Morgan fingerprint density at radius 3 is 2.25 bits per heavy atom. The van der Waals surface area contributed by atoms with Crippen molar-refractivity contribution >= 4 is 0 Å². The van der Waals surface area contributed by atoms with E-state index in [2.05, 4.69) is 30.3 Å². The van der Waals surface area contributed by atoms with Crippen LogP contribution in [0.3, 0.4) is 0 Å². The Morgan fingerprint density at radius 2 is 1.56 bits per heavy atom. The highest BCUT2D eigenvalue weighted by Gasteiger charge is 2.23. The predicted octanol–water partition coefficient (Wildman–Crippen LogP) is 4.93. The Balaban J connectivity index is 1.47. The van der Waals surface area contributed by atoms with Gasteiger partial charge < -0.3 is 5.11 Å². The third-order valence-electron chi connectivity index (χ3n) is 6.44. The summed E-state index contributed by atoms with van der Waals surface area (Å²) in [6.45, 7) is 0.581. The van der Waals surface area contributed by atoms with Gasteiger partial charge in [-0.25, -0.2) is 4.68 Å². The van der Waals surface area contributed by atoms with Gasteiger partial charge in [0.15, 0.2) is 0 Å². The minimum atomic E-state index is -0.0738. The second kappa shape index (κ2) is 8.83. The monoisotopic (exact) mass is 422 g/mol. The third kappa shape index (κ3) is 4.09. The molecule has 0 aliphatic heterocycles. The fourth-order valence-electron chi connectivity index (χ4n) is 4.84. The van der Waals surface area contributed by atoms with Crippen LogP contribution in [0, 0.1) is 5.92 Å². The van der Waals surface area contributed by atoms with E-state index in [4.69, 9.17) is 5.10 Å². The van der Waals surface area contributed by atoms with Gasteiger partial charge in [-0.1, -0.05) is 72.8 Å². The molecular formula is C28H26N2O2. The zero-order valence-electron chi connectivity index (χ0n) is 17.9. The number of phenolic OH excluding ortho intramolecular Hbond substituents is 1. The molecule has 4 nitrogen and oxygen atoms in total. The Labute approximate surface area is 187 Å². The lowest BCUT2D eigenvalue weighted by Crippen LogP contribution is -2.29. The normalized spacial score (nSPS) is 15.5. The van der Waals surface area contributed by atoms with Crippen LogP contribution in [-0.4, -0.2) is 14.9 Å². The molecule has 1 aliphatic carbocycles. The van der Waals surface area contributed by atoms with Crippen LogP contribution in [0.1, 0.15) is 40.3 Å². The van der Waals surface area contributed by atoms with Crippen LogP contribution in [0.2, 0.25) is 0 Å². The van der Waals surface area contributed by atoms with E-state index in [1.165, 1.54) is 5.56 Å². The summed E-state index contributed by atoms with van der Waals surface area (Å²) in [6.07, 6.45) is 2.62. The first-order valence-corrected chi connectivity index (χ1v) is 11.2. The Morgan fingerprint density at radius 1 is 0.875 bits per heavy atom. The van der Waals surface area contributed by atoms with Crippen molar-refractivity contribution in [2.24, 2.45) is 5.92 Å². The fourth-order valence-corrected chi connectivity index (χ4v) is 4.84. The van der Waals surface area contributed by atoms with Gasteiger partial charge in [0, 0.05) is 12.6 Å². The van der Waals surface area contributed by atoms with Gasteiger partial charge in [0.05, 0.1) is 11.6 Å². The van der Waals surface area contributed by atoms with Crippen LogP contribution in [0.15, 0.2) is 95.8 Å². The van der Waals surface area contributed by atoms with E-state index < -0.39 is 0 Å². The predicted molar refractivity (Wildman–Crippen MR) is 126 cm³/mol. The van der Waals surface area contributed by atoms with Gasteiger partial charge in [0.2, 0.25) is 0 Å². The highest BCUT2D eigenvalue weighted by molar-refractivity contribution is 5.41. The molecule has 3 aromatic carbocycles. The summed E-state index contributed by atoms with van der Waals surface area (Å²) in [4.78, 5) is 12.7. The molecule has 32 heavy (non-hydrogen) atoms. The van der Waals surface area contributed by atoms with Crippen LogP contribution in [0.4, 0.5) is 0 Å². The number of benzene rings is 3. The van der Waals surface area contributed by atoms with Crippen molar-refractivity contribution in [3.63, 3.8) is 0 Å². The Bertz CT molecular complexity index is 1230. The molecule has 160 valence electrons. The number of fused-ring (bicyclic) bond motifs is 1. The second-order valence-electron chi connectivity index (χ2n) is 8.56. The van der Waals surface area contributed by atoms with Gasteiger partial charge in [0.25, 0.3) is 5.56 Å². The zero-order chi connectivity index (χ0) is 21.9. The van der Waals surface area contributed by atoms with Crippen LogP contribution in [-0.2, 0) is 19.4 Å².